The Hall–Kier alpha value is -1.35. The lowest BCUT2D eigenvalue weighted by Gasteiger charge is -2.10. The van der Waals surface area contributed by atoms with Crippen LogP contribution in [0, 0.1) is 0 Å². The number of aliphatic hydroxyl groups is 1. The van der Waals surface area contributed by atoms with Gasteiger partial charge in [0.05, 0.1) is 7.11 Å². The minimum absolute atomic E-state index is 0.439. The highest BCUT2D eigenvalue weighted by Crippen LogP contribution is 2.19. The van der Waals surface area contributed by atoms with Crippen molar-refractivity contribution in [3.05, 3.63) is 35.4 Å². The topological polar surface area (TPSA) is 46.5 Å². The lowest BCUT2D eigenvalue weighted by molar-refractivity contribution is -0.150. The van der Waals surface area contributed by atoms with Gasteiger partial charge in [-0.1, -0.05) is 38.1 Å². The molecule has 1 atom stereocenters. The third-order valence-corrected chi connectivity index (χ3v) is 2.34. The van der Waals surface area contributed by atoms with E-state index in [4.69, 9.17) is 0 Å². The molecular formula is C12H16O3. The van der Waals surface area contributed by atoms with Gasteiger partial charge in [-0.3, -0.25) is 0 Å². The summed E-state index contributed by atoms with van der Waals surface area (Å²) in [5, 5.41) is 9.54. The molecule has 3 heteroatoms. The van der Waals surface area contributed by atoms with Gasteiger partial charge in [-0.25, -0.2) is 4.79 Å². The predicted octanol–water partition coefficient (Wildman–Crippen LogP) is 2.02. The first-order valence-corrected chi connectivity index (χ1v) is 4.92. The van der Waals surface area contributed by atoms with Gasteiger partial charge in [0.2, 0.25) is 0 Å². The van der Waals surface area contributed by atoms with Crippen LogP contribution in [0.15, 0.2) is 24.3 Å². The Morgan fingerprint density at radius 2 is 1.67 bits per heavy atom. The van der Waals surface area contributed by atoms with Crippen LogP contribution in [0.1, 0.15) is 37.0 Å². The van der Waals surface area contributed by atoms with E-state index in [-0.39, 0.29) is 0 Å². The second-order valence-electron chi connectivity index (χ2n) is 3.75. The first kappa shape index (κ1) is 11.7. The molecule has 0 bridgehead atoms. The van der Waals surface area contributed by atoms with E-state index >= 15 is 0 Å². The molecule has 0 saturated heterocycles. The Morgan fingerprint density at radius 3 is 2.07 bits per heavy atom. The highest BCUT2D eigenvalue weighted by Gasteiger charge is 2.17. The molecule has 0 aromatic heterocycles. The number of esters is 1. The van der Waals surface area contributed by atoms with Crippen LogP contribution in [0.4, 0.5) is 0 Å². The van der Waals surface area contributed by atoms with Gasteiger partial charge in [-0.05, 0) is 17.0 Å². The van der Waals surface area contributed by atoms with E-state index in [1.807, 2.05) is 12.1 Å². The van der Waals surface area contributed by atoms with Gasteiger partial charge in [0.25, 0.3) is 0 Å². The fraction of sp³-hybridized carbons (Fsp3) is 0.417. The smallest absolute Gasteiger partial charge is 0.339 e. The summed E-state index contributed by atoms with van der Waals surface area (Å²) in [6.07, 6.45) is -1.18. The molecule has 1 unspecified atom stereocenters. The minimum atomic E-state index is -1.18. The third kappa shape index (κ3) is 2.80. The molecule has 3 nitrogen and oxygen atoms in total. The number of hydrogen-bond donors (Lipinski definition) is 1. The van der Waals surface area contributed by atoms with Crippen LogP contribution in [0.5, 0.6) is 0 Å². The number of hydrogen-bond acceptors (Lipinski definition) is 3. The molecule has 82 valence electrons. The fourth-order valence-corrected chi connectivity index (χ4v) is 1.31. The average Bonchev–Trinajstić information content (AvgIpc) is 2.27. The molecule has 0 aliphatic carbocycles. The van der Waals surface area contributed by atoms with Gasteiger partial charge in [0, 0.05) is 0 Å². The Morgan fingerprint density at radius 1 is 1.20 bits per heavy atom. The van der Waals surface area contributed by atoms with Crippen molar-refractivity contribution in [3.63, 3.8) is 0 Å². The molecule has 1 aromatic carbocycles. The van der Waals surface area contributed by atoms with Crippen molar-refractivity contribution >= 4 is 5.97 Å². The number of aliphatic hydroxyl groups excluding tert-OH is 1. The summed E-state index contributed by atoms with van der Waals surface area (Å²) in [6.45, 7) is 4.18. The number of rotatable bonds is 3. The van der Waals surface area contributed by atoms with Crippen LogP contribution < -0.4 is 0 Å². The molecule has 1 N–H and O–H groups in total. The zero-order chi connectivity index (χ0) is 11.4. The maximum absolute atomic E-state index is 11.1. The summed E-state index contributed by atoms with van der Waals surface area (Å²) in [4.78, 5) is 11.1. The standard InChI is InChI=1S/C12H16O3/c1-8(2)9-4-6-10(7-5-9)11(13)12(14)15-3/h4-8,11,13H,1-3H3. The Kier molecular flexibility index (Phi) is 3.86. The lowest BCUT2D eigenvalue weighted by Crippen LogP contribution is -2.13. The molecule has 15 heavy (non-hydrogen) atoms. The van der Waals surface area contributed by atoms with Gasteiger partial charge in [0.15, 0.2) is 6.10 Å². The number of ether oxygens (including phenoxy) is 1. The van der Waals surface area contributed by atoms with Crippen LogP contribution in [0.3, 0.4) is 0 Å². The van der Waals surface area contributed by atoms with Gasteiger partial charge in [-0.15, -0.1) is 0 Å². The summed E-state index contributed by atoms with van der Waals surface area (Å²) in [6, 6.07) is 7.31. The maximum Gasteiger partial charge on any atom is 0.339 e. The van der Waals surface area contributed by atoms with E-state index in [9.17, 15) is 9.90 Å². The van der Waals surface area contributed by atoms with E-state index in [2.05, 4.69) is 18.6 Å². The quantitative estimate of drug-likeness (QED) is 0.773. The van der Waals surface area contributed by atoms with Gasteiger partial charge in [-0.2, -0.15) is 0 Å². The van der Waals surface area contributed by atoms with Crippen LogP contribution >= 0.6 is 0 Å². The van der Waals surface area contributed by atoms with Gasteiger partial charge < -0.3 is 9.84 Å². The van der Waals surface area contributed by atoms with Crippen molar-refractivity contribution in [1.29, 1.82) is 0 Å². The molecule has 0 fully saturated rings. The molecule has 0 radical (unpaired) electrons. The fourth-order valence-electron chi connectivity index (χ4n) is 1.31. The highest BCUT2D eigenvalue weighted by atomic mass is 16.5. The zero-order valence-corrected chi connectivity index (χ0v) is 9.23. The van der Waals surface area contributed by atoms with Gasteiger partial charge >= 0.3 is 5.97 Å². The van der Waals surface area contributed by atoms with E-state index in [0.29, 0.717) is 11.5 Å². The average molecular weight is 208 g/mol. The summed E-state index contributed by atoms with van der Waals surface area (Å²) in [5.41, 5.74) is 1.74. The normalized spacial score (nSPS) is 12.6. The van der Waals surface area contributed by atoms with Crippen molar-refractivity contribution in [2.75, 3.05) is 7.11 Å². The van der Waals surface area contributed by atoms with Crippen molar-refractivity contribution in [3.8, 4) is 0 Å². The van der Waals surface area contributed by atoms with E-state index in [1.165, 1.54) is 12.7 Å². The van der Waals surface area contributed by atoms with Crippen LogP contribution in [0.2, 0.25) is 0 Å². The maximum atomic E-state index is 11.1. The van der Waals surface area contributed by atoms with Crippen molar-refractivity contribution in [1.82, 2.24) is 0 Å². The van der Waals surface area contributed by atoms with Gasteiger partial charge in [0.1, 0.15) is 0 Å². The van der Waals surface area contributed by atoms with Crippen LogP contribution in [0.25, 0.3) is 0 Å². The molecule has 0 heterocycles. The first-order valence-electron chi connectivity index (χ1n) is 4.92. The van der Waals surface area contributed by atoms with Crippen molar-refractivity contribution in [2.45, 2.75) is 25.9 Å². The highest BCUT2D eigenvalue weighted by molar-refractivity contribution is 5.76. The largest absolute Gasteiger partial charge is 0.467 e. The lowest BCUT2D eigenvalue weighted by atomic mass is 10.00. The summed E-state index contributed by atoms with van der Waals surface area (Å²) in [5.74, 6) is -0.193. The SMILES string of the molecule is COC(=O)C(O)c1ccc(C(C)C)cc1. The summed E-state index contributed by atoms with van der Waals surface area (Å²) in [7, 11) is 1.26. The molecule has 0 saturated carbocycles. The zero-order valence-electron chi connectivity index (χ0n) is 9.23. The molecule has 1 aromatic rings. The number of carbonyl (C=O) groups excluding carboxylic acids is 1. The first-order chi connectivity index (χ1) is 7.06. The van der Waals surface area contributed by atoms with Crippen LogP contribution in [-0.2, 0) is 9.53 Å². The van der Waals surface area contributed by atoms with E-state index < -0.39 is 12.1 Å². The van der Waals surface area contributed by atoms with E-state index in [1.54, 1.807) is 12.1 Å². The molecule has 0 aliphatic heterocycles. The third-order valence-electron chi connectivity index (χ3n) is 2.34. The monoisotopic (exact) mass is 208 g/mol. The molecular weight excluding hydrogens is 192 g/mol. The Balaban J connectivity index is 2.84. The Bertz CT molecular complexity index is 327. The molecule has 0 amide bonds. The van der Waals surface area contributed by atoms with Crippen molar-refractivity contribution < 1.29 is 14.6 Å². The molecule has 1 rings (SSSR count). The number of methoxy groups -OCH3 is 1. The minimum Gasteiger partial charge on any atom is -0.467 e. The number of benzene rings is 1. The molecule has 0 aliphatic rings. The second kappa shape index (κ2) is 4.94. The predicted molar refractivity (Wildman–Crippen MR) is 57.5 cm³/mol. The summed E-state index contributed by atoms with van der Waals surface area (Å²) < 4.78 is 4.46. The number of carbonyl (C=O) groups is 1. The van der Waals surface area contributed by atoms with Crippen molar-refractivity contribution in [2.24, 2.45) is 0 Å². The second-order valence-corrected chi connectivity index (χ2v) is 3.75. The summed E-state index contributed by atoms with van der Waals surface area (Å²) >= 11 is 0. The molecule has 0 spiro atoms. The van der Waals surface area contributed by atoms with Crippen LogP contribution in [-0.4, -0.2) is 18.2 Å². The Labute approximate surface area is 89.7 Å². The van der Waals surface area contributed by atoms with E-state index in [0.717, 1.165) is 0 Å².